The van der Waals surface area contributed by atoms with Crippen LogP contribution in [0.25, 0.3) is 0 Å². The van der Waals surface area contributed by atoms with Crippen molar-refractivity contribution in [1.82, 2.24) is 0 Å². The Morgan fingerprint density at radius 2 is 2.00 bits per heavy atom. The van der Waals surface area contributed by atoms with Crippen LogP contribution < -0.4 is 10.6 Å². The second kappa shape index (κ2) is 4.87. The lowest BCUT2D eigenvalue weighted by molar-refractivity contribution is -0.124. The SMILES string of the molecule is CC1(C)CC(=O)N(c2ccccc2C#CCN)C1=O. The first-order valence-corrected chi connectivity index (χ1v) is 6.13. The van der Waals surface area contributed by atoms with Gasteiger partial charge in [-0.3, -0.25) is 9.59 Å². The second-order valence-corrected chi connectivity index (χ2v) is 5.12. The van der Waals surface area contributed by atoms with Gasteiger partial charge in [0.25, 0.3) is 0 Å². The maximum atomic E-state index is 12.3. The Balaban J connectivity index is 2.48. The van der Waals surface area contributed by atoms with Crippen LogP contribution in [0.5, 0.6) is 0 Å². The molecule has 4 heteroatoms. The number of nitrogens with zero attached hydrogens (tertiary/aromatic N) is 1. The number of imide groups is 1. The quantitative estimate of drug-likeness (QED) is 0.608. The van der Waals surface area contributed by atoms with Gasteiger partial charge in [0.05, 0.1) is 17.6 Å². The molecule has 19 heavy (non-hydrogen) atoms. The molecule has 4 nitrogen and oxygen atoms in total. The molecule has 1 saturated heterocycles. The molecule has 0 radical (unpaired) electrons. The van der Waals surface area contributed by atoms with Crippen LogP contribution in [0.4, 0.5) is 5.69 Å². The van der Waals surface area contributed by atoms with Gasteiger partial charge in [-0.2, -0.15) is 0 Å². The van der Waals surface area contributed by atoms with E-state index in [2.05, 4.69) is 11.8 Å². The number of amides is 2. The van der Waals surface area contributed by atoms with Gasteiger partial charge in [0.1, 0.15) is 0 Å². The first kappa shape index (κ1) is 13.3. The van der Waals surface area contributed by atoms with Gasteiger partial charge >= 0.3 is 0 Å². The van der Waals surface area contributed by atoms with Crippen LogP contribution in [0, 0.1) is 17.3 Å². The van der Waals surface area contributed by atoms with E-state index in [-0.39, 0.29) is 24.8 Å². The fraction of sp³-hybridized carbons (Fsp3) is 0.333. The highest BCUT2D eigenvalue weighted by Gasteiger charge is 2.45. The van der Waals surface area contributed by atoms with Gasteiger partial charge in [0, 0.05) is 12.0 Å². The molecule has 0 atom stereocenters. The molecule has 2 rings (SSSR count). The molecule has 98 valence electrons. The summed E-state index contributed by atoms with van der Waals surface area (Å²) in [5.41, 5.74) is 5.90. The highest BCUT2D eigenvalue weighted by Crippen LogP contribution is 2.36. The summed E-state index contributed by atoms with van der Waals surface area (Å²) in [6, 6.07) is 7.12. The molecule has 0 unspecified atom stereocenters. The van der Waals surface area contributed by atoms with E-state index in [9.17, 15) is 9.59 Å². The lowest BCUT2D eigenvalue weighted by Gasteiger charge is -2.19. The molecule has 0 aliphatic carbocycles. The summed E-state index contributed by atoms with van der Waals surface area (Å²) in [6.45, 7) is 3.80. The summed E-state index contributed by atoms with van der Waals surface area (Å²) in [6.07, 6.45) is 0.227. The van der Waals surface area contributed by atoms with E-state index in [4.69, 9.17) is 5.73 Å². The van der Waals surface area contributed by atoms with Gasteiger partial charge in [-0.1, -0.05) is 37.8 Å². The topological polar surface area (TPSA) is 63.4 Å². The summed E-state index contributed by atoms with van der Waals surface area (Å²) in [7, 11) is 0. The average molecular weight is 256 g/mol. The normalized spacial score (nSPS) is 17.3. The van der Waals surface area contributed by atoms with E-state index in [0.29, 0.717) is 11.3 Å². The Morgan fingerprint density at radius 1 is 1.32 bits per heavy atom. The molecule has 1 fully saturated rings. The van der Waals surface area contributed by atoms with Gasteiger partial charge in [-0.25, -0.2) is 4.90 Å². The lowest BCUT2D eigenvalue weighted by Crippen LogP contribution is -2.33. The first-order chi connectivity index (χ1) is 8.97. The number of carbonyl (C=O) groups is 2. The summed E-state index contributed by atoms with van der Waals surface area (Å²) >= 11 is 0. The van der Waals surface area contributed by atoms with Crippen LogP contribution in [0.3, 0.4) is 0 Å². The Kier molecular flexibility index (Phi) is 3.41. The molecule has 0 spiro atoms. The van der Waals surface area contributed by atoms with Crippen LogP contribution in [0.15, 0.2) is 24.3 Å². The Bertz CT molecular complexity index is 594. The third kappa shape index (κ3) is 2.38. The maximum Gasteiger partial charge on any atom is 0.239 e. The van der Waals surface area contributed by atoms with Crippen molar-refractivity contribution in [3.05, 3.63) is 29.8 Å². The monoisotopic (exact) mass is 256 g/mol. The van der Waals surface area contributed by atoms with E-state index < -0.39 is 5.41 Å². The fourth-order valence-corrected chi connectivity index (χ4v) is 2.11. The van der Waals surface area contributed by atoms with E-state index >= 15 is 0 Å². The average Bonchev–Trinajstić information content (AvgIpc) is 2.56. The Morgan fingerprint density at radius 3 is 2.58 bits per heavy atom. The van der Waals surface area contributed by atoms with Gasteiger partial charge in [0.15, 0.2) is 0 Å². The Labute approximate surface area is 112 Å². The van der Waals surface area contributed by atoms with Crippen molar-refractivity contribution in [2.45, 2.75) is 20.3 Å². The third-order valence-electron chi connectivity index (χ3n) is 3.09. The largest absolute Gasteiger partial charge is 0.320 e. The number of benzene rings is 1. The molecule has 1 aliphatic heterocycles. The van der Waals surface area contributed by atoms with Crippen LogP contribution in [-0.2, 0) is 9.59 Å². The standard InChI is InChI=1S/C15H16N2O2/c1-15(2)10-13(18)17(14(15)19)12-8-4-3-6-11(12)7-5-9-16/h3-4,6,8H,9-10,16H2,1-2H3. The number of rotatable bonds is 1. The number of carbonyl (C=O) groups excluding carboxylic acids is 2. The molecule has 0 bridgehead atoms. The molecule has 1 aromatic carbocycles. The predicted molar refractivity (Wildman–Crippen MR) is 73.3 cm³/mol. The smallest absolute Gasteiger partial charge is 0.239 e. The van der Waals surface area contributed by atoms with Crippen LogP contribution >= 0.6 is 0 Å². The molecule has 1 aliphatic rings. The molecular weight excluding hydrogens is 240 g/mol. The molecule has 1 heterocycles. The summed E-state index contributed by atoms with van der Waals surface area (Å²) in [5, 5.41) is 0. The molecule has 2 N–H and O–H groups in total. The Hall–Kier alpha value is -2.12. The molecule has 2 amide bonds. The summed E-state index contributed by atoms with van der Waals surface area (Å²) < 4.78 is 0. The van der Waals surface area contributed by atoms with Gasteiger partial charge < -0.3 is 5.73 Å². The van der Waals surface area contributed by atoms with Crippen molar-refractivity contribution in [2.24, 2.45) is 11.1 Å². The first-order valence-electron chi connectivity index (χ1n) is 6.13. The van der Waals surface area contributed by atoms with E-state index in [1.54, 1.807) is 32.0 Å². The van der Waals surface area contributed by atoms with Crippen LogP contribution in [0.1, 0.15) is 25.8 Å². The van der Waals surface area contributed by atoms with E-state index in [1.807, 2.05) is 6.07 Å². The maximum absolute atomic E-state index is 12.3. The van der Waals surface area contributed by atoms with E-state index in [1.165, 1.54) is 4.90 Å². The van der Waals surface area contributed by atoms with Crippen molar-refractivity contribution in [2.75, 3.05) is 11.4 Å². The van der Waals surface area contributed by atoms with Crippen molar-refractivity contribution < 1.29 is 9.59 Å². The number of anilines is 1. The fourth-order valence-electron chi connectivity index (χ4n) is 2.11. The van der Waals surface area contributed by atoms with Crippen molar-refractivity contribution in [3.63, 3.8) is 0 Å². The summed E-state index contributed by atoms with van der Waals surface area (Å²) in [4.78, 5) is 25.6. The number of hydrogen-bond acceptors (Lipinski definition) is 3. The number of nitrogens with two attached hydrogens (primary N) is 1. The minimum atomic E-state index is -0.647. The highest BCUT2D eigenvalue weighted by atomic mass is 16.2. The second-order valence-electron chi connectivity index (χ2n) is 5.12. The van der Waals surface area contributed by atoms with Crippen molar-refractivity contribution in [3.8, 4) is 11.8 Å². The van der Waals surface area contributed by atoms with Gasteiger partial charge in [-0.15, -0.1) is 0 Å². The van der Waals surface area contributed by atoms with Gasteiger partial charge in [0.2, 0.25) is 11.8 Å². The minimum absolute atomic E-state index is 0.181. The number of para-hydroxylation sites is 1. The molecule has 0 saturated carbocycles. The summed E-state index contributed by atoms with van der Waals surface area (Å²) in [5.74, 6) is 5.28. The van der Waals surface area contributed by atoms with Crippen LogP contribution in [-0.4, -0.2) is 18.4 Å². The van der Waals surface area contributed by atoms with Crippen molar-refractivity contribution in [1.29, 1.82) is 0 Å². The number of hydrogen-bond donors (Lipinski definition) is 1. The minimum Gasteiger partial charge on any atom is -0.320 e. The third-order valence-corrected chi connectivity index (χ3v) is 3.09. The zero-order valence-electron chi connectivity index (χ0n) is 11.1. The zero-order valence-corrected chi connectivity index (χ0v) is 11.1. The lowest BCUT2D eigenvalue weighted by atomic mass is 9.92. The van der Waals surface area contributed by atoms with Crippen molar-refractivity contribution >= 4 is 17.5 Å². The van der Waals surface area contributed by atoms with E-state index in [0.717, 1.165) is 0 Å². The zero-order chi connectivity index (χ0) is 14.0. The molecule has 1 aromatic rings. The molecule has 0 aromatic heterocycles. The van der Waals surface area contributed by atoms with Gasteiger partial charge in [-0.05, 0) is 12.1 Å². The molecular formula is C15H16N2O2. The highest BCUT2D eigenvalue weighted by molar-refractivity contribution is 6.22. The van der Waals surface area contributed by atoms with Crippen LogP contribution in [0.2, 0.25) is 0 Å². The predicted octanol–water partition coefficient (Wildman–Crippen LogP) is 1.29.